The van der Waals surface area contributed by atoms with Crippen LogP contribution in [0.25, 0.3) is 0 Å². The van der Waals surface area contributed by atoms with Crippen LogP contribution >= 0.6 is 0 Å². The first-order chi connectivity index (χ1) is 14.9. The predicted molar refractivity (Wildman–Crippen MR) is 114 cm³/mol. The number of hydrogen-bond donors (Lipinski definition) is 0. The Morgan fingerprint density at radius 1 is 0.935 bits per heavy atom. The zero-order valence-corrected chi connectivity index (χ0v) is 17.9. The van der Waals surface area contributed by atoms with Gasteiger partial charge >= 0.3 is 0 Å². The SMILES string of the molecule is O=C1c2ccccc2C(=O)N1CCCC(=O)N1CCCC1CS(=O)(=O)c1ccccc1. The van der Waals surface area contributed by atoms with Crippen LogP contribution in [0.1, 0.15) is 46.4 Å². The summed E-state index contributed by atoms with van der Waals surface area (Å²) in [6.45, 7) is 0.694. The molecule has 0 N–H and O–H groups in total. The van der Waals surface area contributed by atoms with E-state index >= 15 is 0 Å². The molecule has 2 heterocycles. The van der Waals surface area contributed by atoms with Crippen LogP contribution in [0.5, 0.6) is 0 Å². The number of carbonyl (C=O) groups excluding carboxylic acids is 3. The summed E-state index contributed by atoms with van der Waals surface area (Å²) in [7, 11) is -3.48. The van der Waals surface area contributed by atoms with E-state index in [0.717, 1.165) is 6.42 Å². The van der Waals surface area contributed by atoms with Crippen LogP contribution in [0.2, 0.25) is 0 Å². The van der Waals surface area contributed by atoms with Gasteiger partial charge in [-0.2, -0.15) is 0 Å². The van der Waals surface area contributed by atoms with Crippen LogP contribution in [-0.4, -0.2) is 60.8 Å². The average Bonchev–Trinajstić information content (AvgIpc) is 3.32. The summed E-state index contributed by atoms with van der Waals surface area (Å²) in [4.78, 5) is 40.7. The van der Waals surface area contributed by atoms with Gasteiger partial charge in [0.15, 0.2) is 9.84 Å². The van der Waals surface area contributed by atoms with Crippen molar-refractivity contribution in [3.05, 3.63) is 65.7 Å². The monoisotopic (exact) mass is 440 g/mol. The molecule has 1 saturated heterocycles. The molecular weight excluding hydrogens is 416 g/mol. The van der Waals surface area contributed by atoms with Crippen molar-refractivity contribution in [1.29, 1.82) is 0 Å². The highest BCUT2D eigenvalue weighted by Crippen LogP contribution is 2.25. The Morgan fingerprint density at radius 2 is 1.55 bits per heavy atom. The molecule has 162 valence electrons. The lowest BCUT2D eigenvalue weighted by molar-refractivity contribution is -0.131. The molecule has 8 heteroatoms. The first kappa shape index (κ1) is 21.2. The van der Waals surface area contributed by atoms with Crippen molar-refractivity contribution in [2.45, 2.75) is 36.6 Å². The second kappa shape index (κ2) is 8.63. The molecule has 1 fully saturated rings. The largest absolute Gasteiger partial charge is 0.339 e. The number of likely N-dealkylation sites (tertiary alicyclic amines) is 1. The number of benzene rings is 2. The Hall–Kier alpha value is -3.00. The van der Waals surface area contributed by atoms with Gasteiger partial charge in [-0.1, -0.05) is 30.3 Å². The van der Waals surface area contributed by atoms with Crippen LogP contribution in [-0.2, 0) is 14.6 Å². The quantitative estimate of drug-likeness (QED) is 0.617. The van der Waals surface area contributed by atoms with Crippen molar-refractivity contribution in [3.63, 3.8) is 0 Å². The lowest BCUT2D eigenvalue weighted by atomic mass is 10.1. The van der Waals surface area contributed by atoms with E-state index in [-0.39, 0.29) is 47.4 Å². The molecule has 0 spiro atoms. The first-order valence-electron chi connectivity index (χ1n) is 10.4. The van der Waals surface area contributed by atoms with Gasteiger partial charge in [-0.25, -0.2) is 8.42 Å². The zero-order valence-electron chi connectivity index (χ0n) is 17.1. The number of hydrogen-bond acceptors (Lipinski definition) is 5. The Morgan fingerprint density at radius 3 is 2.19 bits per heavy atom. The molecule has 0 saturated carbocycles. The molecule has 1 unspecified atom stereocenters. The molecule has 0 aliphatic carbocycles. The molecule has 2 aromatic rings. The fraction of sp³-hybridized carbons (Fsp3) is 0.348. The van der Waals surface area contributed by atoms with Crippen molar-refractivity contribution in [3.8, 4) is 0 Å². The fourth-order valence-electron chi connectivity index (χ4n) is 4.29. The van der Waals surface area contributed by atoms with Crippen molar-refractivity contribution < 1.29 is 22.8 Å². The number of amides is 3. The Bertz CT molecular complexity index is 1080. The topological polar surface area (TPSA) is 91.8 Å². The molecule has 1 atom stereocenters. The highest BCUT2D eigenvalue weighted by molar-refractivity contribution is 7.91. The molecule has 4 rings (SSSR count). The van der Waals surface area contributed by atoms with E-state index < -0.39 is 9.84 Å². The van der Waals surface area contributed by atoms with Crippen molar-refractivity contribution in [1.82, 2.24) is 9.80 Å². The highest BCUT2D eigenvalue weighted by Gasteiger charge is 2.36. The molecule has 2 aromatic carbocycles. The van der Waals surface area contributed by atoms with Crippen molar-refractivity contribution in [2.75, 3.05) is 18.8 Å². The average molecular weight is 441 g/mol. The van der Waals surface area contributed by atoms with Gasteiger partial charge in [0.2, 0.25) is 5.91 Å². The number of sulfone groups is 1. The van der Waals surface area contributed by atoms with Crippen LogP contribution in [0.4, 0.5) is 0 Å². The van der Waals surface area contributed by atoms with E-state index in [1.807, 2.05) is 0 Å². The molecule has 7 nitrogen and oxygen atoms in total. The molecule has 2 aliphatic rings. The molecule has 31 heavy (non-hydrogen) atoms. The zero-order chi connectivity index (χ0) is 22.0. The summed E-state index contributed by atoms with van der Waals surface area (Å²) >= 11 is 0. The minimum Gasteiger partial charge on any atom is -0.339 e. The number of nitrogens with zero attached hydrogens (tertiary/aromatic N) is 2. The van der Waals surface area contributed by atoms with E-state index in [2.05, 4.69) is 0 Å². The van der Waals surface area contributed by atoms with Crippen LogP contribution in [0, 0.1) is 0 Å². The first-order valence-corrected chi connectivity index (χ1v) is 12.1. The summed E-state index contributed by atoms with van der Waals surface area (Å²) in [5.74, 6) is -0.897. The maximum atomic E-state index is 12.8. The Labute approximate surface area is 181 Å². The minimum absolute atomic E-state index is 0.0961. The third-order valence-electron chi connectivity index (χ3n) is 5.86. The molecule has 0 bridgehead atoms. The molecule has 2 aliphatic heterocycles. The number of rotatable bonds is 7. The normalized spacial score (nSPS) is 18.5. The lowest BCUT2D eigenvalue weighted by Crippen LogP contribution is -2.40. The smallest absolute Gasteiger partial charge is 0.261 e. The van der Waals surface area contributed by atoms with Gasteiger partial charge in [-0.15, -0.1) is 0 Å². The van der Waals surface area contributed by atoms with E-state index in [1.54, 1.807) is 59.5 Å². The summed E-state index contributed by atoms with van der Waals surface area (Å²) < 4.78 is 25.4. The minimum atomic E-state index is -3.48. The summed E-state index contributed by atoms with van der Waals surface area (Å²) in [5.41, 5.74) is 0.786. The van der Waals surface area contributed by atoms with Gasteiger partial charge < -0.3 is 4.90 Å². The summed E-state index contributed by atoms with van der Waals surface area (Å²) in [6.07, 6.45) is 1.92. The van der Waals surface area contributed by atoms with E-state index in [9.17, 15) is 22.8 Å². The number of imide groups is 1. The van der Waals surface area contributed by atoms with Gasteiger partial charge in [0.05, 0.1) is 21.8 Å². The number of carbonyl (C=O) groups is 3. The van der Waals surface area contributed by atoms with Gasteiger partial charge in [-0.3, -0.25) is 19.3 Å². The van der Waals surface area contributed by atoms with Gasteiger partial charge in [0.25, 0.3) is 11.8 Å². The van der Waals surface area contributed by atoms with E-state index in [0.29, 0.717) is 30.5 Å². The second-order valence-electron chi connectivity index (χ2n) is 7.89. The van der Waals surface area contributed by atoms with E-state index in [4.69, 9.17) is 0 Å². The van der Waals surface area contributed by atoms with Crippen LogP contribution in [0.3, 0.4) is 0 Å². The van der Waals surface area contributed by atoms with Crippen LogP contribution < -0.4 is 0 Å². The van der Waals surface area contributed by atoms with Crippen molar-refractivity contribution in [2.24, 2.45) is 0 Å². The van der Waals surface area contributed by atoms with Crippen molar-refractivity contribution >= 4 is 27.6 Å². The molecule has 0 radical (unpaired) electrons. The van der Waals surface area contributed by atoms with Gasteiger partial charge in [0, 0.05) is 25.6 Å². The standard InChI is InChI=1S/C23H24N2O5S/c26-21(13-7-15-25-22(27)19-11-4-5-12-20(19)23(25)28)24-14-6-8-17(24)16-31(29,30)18-9-2-1-3-10-18/h1-5,9-12,17H,6-8,13-16H2. The molecule has 3 amide bonds. The maximum Gasteiger partial charge on any atom is 0.261 e. The Balaban J connectivity index is 1.34. The maximum absolute atomic E-state index is 12.8. The van der Waals surface area contributed by atoms with Gasteiger partial charge in [-0.05, 0) is 43.5 Å². The van der Waals surface area contributed by atoms with Crippen LogP contribution in [0.15, 0.2) is 59.5 Å². The third kappa shape index (κ3) is 4.25. The lowest BCUT2D eigenvalue weighted by Gasteiger charge is -2.25. The molecule has 0 aromatic heterocycles. The number of fused-ring (bicyclic) bond motifs is 1. The predicted octanol–water partition coefficient (Wildman–Crippen LogP) is 2.53. The van der Waals surface area contributed by atoms with Gasteiger partial charge in [0.1, 0.15) is 0 Å². The summed E-state index contributed by atoms with van der Waals surface area (Å²) in [6, 6.07) is 14.6. The highest BCUT2D eigenvalue weighted by atomic mass is 32.2. The fourth-order valence-corrected chi connectivity index (χ4v) is 5.91. The third-order valence-corrected chi connectivity index (χ3v) is 7.68. The van der Waals surface area contributed by atoms with E-state index in [1.165, 1.54) is 4.90 Å². The molecular formula is C23H24N2O5S. The second-order valence-corrected chi connectivity index (χ2v) is 9.92. The Kier molecular flexibility index (Phi) is 5.91. The summed E-state index contributed by atoms with van der Waals surface area (Å²) in [5, 5.41) is 0.